The van der Waals surface area contributed by atoms with Crippen LogP contribution in [0.1, 0.15) is 47.2 Å². The van der Waals surface area contributed by atoms with E-state index in [1.807, 2.05) is 0 Å². The summed E-state index contributed by atoms with van der Waals surface area (Å²) in [5.41, 5.74) is 14.7. The van der Waals surface area contributed by atoms with Gasteiger partial charge in [0.25, 0.3) is 0 Å². The van der Waals surface area contributed by atoms with Gasteiger partial charge in [0.1, 0.15) is 0 Å². The predicted octanol–water partition coefficient (Wildman–Crippen LogP) is 14.1. The second-order valence-corrected chi connectivity index (χ2v) is 14.9. The highest BCUT2D eigenvalue weighted by Crippen LogP contribution is 2.33. The van der Waals surface area contributed by atoms with Gasteiger partial charge in [-0.1, -0.05) is 109 Å². The fourth-order valence-corrected chi connectivity index (χ4v) is 8.89. The monoisotopic (exact) mass is 721 g/mol. The van der Waals surface area contributed by atoms with Gasteiger partial charge in [0.05, 0.1) is 0 Å². The molecule has 10 aromatic rings. The molecule has 7 aromatic carbocycles. The van der Waals surface area contributed by atoms with E-state index in [-0.39, 0.29) is 0 Å². The maximum Gasteiger partial charge on any atom is 0.0491 e. The van der Waals surface area contributed by atoms with Crippen LogP contribution < -0.4 is 0 Å². The minimum Gasteiger partial charge on any atom is -0.344 e. The first kappa shape index (κ1) is 33.7. The molecule has 0 amide bonds. The molecule has 0 fully saturated rings. The number of fused-ring (bicyclic) bond motifs is 9. The molecule has 3 aromatic heterocycles. The van der Waals surface area contributed by atoms with Crippen molar-refractivity contribution in [1.82, 2.24) is 13.7 Å². The number of nitrogens with zero attached hydrogens (tertiary/aromatic N) is 3. The van der Waals surface area contributed by atoms with Crippen molar-refractivity contribution in [3.05, 3.63) is 179 Å². The van der Waals surface area contributed by atoms with Crippen LogP contribution in [0.15, 0.2) is 146 Å². The van der Waals surface area contributed by atoms with Crippen LogP contribution >= 0.6 is 0 Å². The zero-order chi connectivity index (χ0) is 37.8. The molecule has 56 heavy (non-hydrogen) atoms. The molecule has 0 saturated carbocycles. The largest absolute Gasteiger partial charge is 0.344 e. The van der Waals surface area contributed by atoms with Crippen molar-refractivity contribution in [3.63, 3.8) is 0 Å². The minimum absolute atomic E-state index is 0.946. The van der Waals surface area contributed by atoms with E-state index in [4.69, 9.17) is 0 Å². The Morgan fingerprint density at radius 3 is 1.05 bits per heavy atom. The summed E-state index contributed by atoms with van der Waals surface area (Å²) in [4.78, 5) is 0. The Labute approximate surface area is 327 Å². The third-order valence-corrected chi connectivity index (χ3v) is 11.6. The number of aromatic nitrogens is 3. The van der Waals surface area contributed by atoms with Crippen LogP contribution in [0.4, 0.5) is 0 Å². The first-order chi connectivity index (χ1) is 27.6. The lowest BCUT2D eigenvalue weighted by Gasteiger charge is -2.05. The molecule has 3 nitrogen and oxygen atoms in total. The van der Waals surface area contributed by atoms with Crippen LogP contribution in [-0.2, 0) is 20.1 Å². The van der Waals surface area contributed by atoms with E-state index >= 15 is 0 Å². The molecule has 3 heterocycles. The fourth-order valence-electron chi connectivity index (χ4n) is 8.89. The van der Waals surface area contributed by atoms with E-state index in [0.717, 1.165) is 29.8 Å². The zero-order valence-electron chi connectivity index (χ0n) is 32.1. The van der Waals surface area contributed by atoms with Gasteiger partial charge < -0.3 is 13.7 Å². The maximum absolute atomic E-state index is 2.41. The van der Waals surface area contributed by atoms with Gasteiger partial charge in [-0.05, 0) is 120 Å². The van der Waals surface area contributed by atoms with Gasteiger partial charge in [-0.3, -0.25) is 0 Å². The highest BCUT2D eigenvalue weighted by atomic mass is 15.0. The fraction of sp³-hybridized carbons (Fsp3) is 0.0943. The van der Waals surface area contributed by atoms with Crippen molar-refractivity contribution in [2.24, 2.45) is 7.05 Å². The average Bonchev–Trinajstić information content (AvgIpc) is 3.85. The molecule has 0 saturated heterocycles. The zero-order valence-corrected chi connectivity index (χ0v) is 32.1. The summed E-state index contributed by atoms with van der Waals surface area (Å²) in [7, 11) is 2.15. The summed E-state index contributed by atoms with van der Waals surface area (Å²) in [5, 5.41) is 7.77. The summed E-state index contributed by atoms with van der Waals surface area (Å²) < 4.78 is 7.10. The second kappa shape index (κ2) is 13.8. The second-order valence-electron chi connectivity index (χ2n) is 14.9. The van der Waals surface area contributed by atoms with Crippen molar-refractivity contribution in [2.75, 3.05) is 0 Å². The van der Waals surface area contributed by atoms with Gasteiger partial charge in [0.2, 0.25) is 0 Å². The molecule has 270 valence electrons. The van der Waals surface area contributed by atoms with Gasteiger partial charge in [-0.15, -0.1) is 0 Å². The molecule has 0 unspecified atom stereocenters. The quantitative estimate of drug-likeness (QED) is 0.139. The molecule has 0 atom stereocenters. The molecule has 3 heteroatoms. The summed E-state index contributed by atoms with van der Waals surface area (Å²) >= 11 is 0. The Morgan fingerprint density at radius 2 is 0.625 bits per heavy atom. The van der Waals surface area contributed by atoms with E-state index in [1.165, 1.54) is 82.1 Å². The summed E-state index contributed by atoms with van der Waals surface area (Å²) in [6.07, 6.45) is 13.5. The molecule has 0 aliphatic carbocycles. The van der Waals surface area contributed by atoms with E-state index in [1.54, 1.807) is 0 Å². The average molecular weight is 722 g/mol. The van der Waals surface area contributed by atoms with Gasteiger partial charge >= 0.3 is 0 Å². The Balaban J connectivity index is 1.03. The van der Waals surface area contributed by atoms with Crippen LogP contribution in [0.5, 0.6) is 0 Å². The Hall–Kier alpha value is -6.84. The first-order valence-corrected chi connectivity index (χ1v) is 19.7. The number of aryl methyl sites for hydroxylation is 3. The standard InChI is InChI=1S/C53H43N3/c1-4-55-50-16-10-7-13-43(50)46-34-37(25-28-52(46)55)19-22-40-30-39(21-18-36-24-27-49-45(33-36)42-12-6-9-15-48(42)54(49)3)31-41(32-40)23-20-38-26-29-53-47(35-38)44-14-8-11-17-51(44)56(53)5-2/h6-35H,4-5H2,1-3H3/b21-18+,22-19+,23-20+. The van der Waals surface area contributed by atoms with Crippen molar-refractivity contribution in [2.45, 2.75) is 26.9 Å². The van der Waals surface area contributed by atoms with Crippen LogP contribution in [0.3, 0.4) is 0 Å². The number of benzene rings is 7. The Morgan fingerprint density at radius 1 is 0.321 bits per heavy atom. The smallest absolute Gasteiger partial charge is 0.0491 e. The van der Waals surface area contributed by atoms with Gasteiger partial charge in [0, 0.05) is 85.6 Å². The van der Waals surface area contributed by atoms with Crippen LogP contribution in [0, 0.1) is 0 Å². The maximum atomic E-state index is 2.41. The lowest BCUT2D eigenvalue weighted by Crippen LogP contribution is -1.92. The lowest BCUT2D eigenvalue weighted by molar-refractivity contribution is 0.827. The normalized spacial score (nSPS) is 12.5. The summed E-state index contributed by atoms with van der Waals surface area (Å²) in [6.45, 7) is 6.33. The predicted molar refractivity (Wildman–Crippen MR) is 244 cm³/mol. The topological polar surface area (TPSA) is 14.8 Å². The molecular weight excluding hydrogens is 679 g/mol. The van der Waals surface area contributed by atoms with Crippen LogP contribution in [0.25, 0.3) is 102 Å². The third-order valence-electron chi connectivity index (χ3n) is 11.6. The lowest BCUT2D eigenvalue weighted by atomic mass is 10.0. The third kappa shape index (κ3) is 5.75. The Bertz CT molecular complexity index is 3080. The number of para-hydroxylation sites is 3. The summed E-state index contributed by atoms with van der Waals surface area (Å²) in [6, 6.07) is 53.5. The van der Waals surface area contributed by atoms with E-state index in [9.17, 15) is 0 Å². The SMILES string of the molecule is CCn1c2ccccc2c2cc(/C=C/c3cc(/C=C/c4ccc5c(c4)c4ccccc4n5C)cc(/C=C/c4ccc5c(c4)c4ccccc4n5CC)c3)ccc21. The highest BCUT2D eigenvalue weighted by molar-refractivity contribution is 6.10. The molecule has 0 spiro atoms. The Kier molecular flexibility index (Phi) is 8.30. The van der Waals surface area contributed by atoms with E-state index < -0.39 is 0 Å². The number of hydrogen-bond donors (Lipinski definition) is 0. The van der Waals surface area contributed by atoms with Crippen molar-refractivity contribution >= 4 is 102 Å². The summed E-state index contributed by atoms with van der Waals surface area (Å²) in [5.74, 6) is 0. The number of hydrogen-bond acceptors (Lipinski definition) is 0. The minimum atomic E-state index is 0.946. The van der Waals surface area contributed by atoms with Crippen LogP contribution in [0.2, 0.25) is 0 Å². The van der Waals surface area contributed by atoms with Crippen molar-refractivity contribution in [1.29, 1.82) is 0 Å². The van der Waals surface area contributed by atoms with Crippen molar-refractivity contribution in [3.8, 4) is 0 Å². The first-order valence-electron chi connectivity index (χ1n) is 19.7. The van der Waals surface area contributed by atoms with E-state index in [2.05, 4.69) is 217 Å². The van der Waals surface area contributed by atoms with Gasteiger partial charge in [-0.25, -0.2) is 0 Å². The molecule has 0 aliphatic rings. The van der Waals surface area contributed by atoms with Gasteiger partial charge in [-0.2, -0.15) is 0 Å². The highest BCUT2D eigenvalue weighted by Gasteiger charge is 2.11. The molecular formula is C53H43N3. The molecule has 0 N–H and O–H groups in total. The van der Waals surface area contributed by atoms with Gasteiger partial charge in [0.15, 0.2) is 0 Å². The molecule has 10 rings (SSSR count). The van der Waals surface area contributed by atoms with E-state index in [0.29, 0.717) is 0 Å². The molecule has 0 bridgehead atoms. The number of rotatable bonds is 8. The molecule has 0 radical (unpaired) electrons. The van der Waals surface area contributed by atoms with Crippen molar-refractivity contribution < 1.29 is 0 Å². The van der Waals surface area contributed by atoms with Crippen LogP contribution in [-0.4, -0.2) is 13.7 Å². The molecule has 0 aliphatic heterocycles.